The van der Waals surface area contributed by atoms with E-state index in [1.807, 2.05) is 6.92 Å². The van der Waals surface area contributed by atoms with Crippen LogP contribution in [0.2, 0.25) is 0 Å². The van der Waals surface area contributed by atoms with Crippen molar-refractivity contribution in [3.63, 3.8) is 0 Å². The van der Waals surface area contributed by atoms with Crippen LogP contribution in [0.5, 0.6) is 5.75 Å². The largest absolute Gasteiger partial charge is 0.487 e. The first-order chi connectivity index (χ1) is 8.58. The number of aliphatic hydroxyl groups excluding tert-OH is 1. The number of aliphatic hydroxyl groups is 1. The summed E-state index contributed by atoms with van der Waals surface area (Å²) in [6, 6.07) is 4.84. The lowest BCUT2D eigenvalue weighted by molar-refractivity contribution is -0.385. The monoisotopic (exact) mass is 271 g/mol. The second kappa shape index (κ2) is 7.23. The van der Waals surface area contributed by atoms with Gasteiger partial charge in [0, 0.05) is 29.4 Å². The molecular weight excluding hydrogens is 254 g/mol. The molecule has 0 aliphatic heterocycles. The molecule has 1 unspecified atom stereocenters. The third-order valence-corrected chi connectivity index (χ3v) is 3.60. The molecular formula is C12H17NO4S. The highest BCUT2D eigenvalue weighted by atomic mass is 32.2. The van der Waals surface area contributed by atoms with Gasteiger partial charge in [-0.25, -0.2) is 0 Å². The van der Waals surface area contributed by atoms with Crippen LogP contribution in [0.25, 0.3) is 0 Å². The van der Waals surface area contributed by atoms with Gasteiger partial charge in [-0.15, -0.1) is 11.8 Å². The van der Waals surface area contributed by atoms with Crippen LogP contribution in [0.4, 0.5) is 5.69 Å². The van der Waals surface area contributed by atoms with Gasteiger partial charge in [0.05, 0.1) is 11.5 Å². The van der Waals surface area contributed by atoms with Crippen LogP contribution < -0.4 is 4.74 Å². The van der Waals surface area contributed by atoms with Crippen molar-refractivity contribution in [2.75, 3.05) is 19.0 Å². The number of benzene rings is 1. The van der Waals surface area contributed by atoms with Crippen LogP contribution in [-0.2, 0) is 0 Å². The molecule has 0 saturated heterocycles. The van der Waals surface area contributed by atoms with Gasteiger partial charge in [0.2, 0.25) is 0 Å². The van der Waals surface area contributed by atoms with Gasteiger partial charge in [-0.1, -0.05) is 6.92 Å². The zero-order valence-electron chi connectivity index (χ0n) is 10.5. The predicted molar refractivity (Wildman–Crippen MR) is 71.2 cm³/mol. The molecule has 0 radical (unpaired) electrons. The van der Waals surface area contributed by atoms with Crippen molar-refractivity contribution in [3.8, 4) is 5.75 Å². The highest BCUT2D eigenvalue weighted by Gasteiger charge is 2.15. The highest BCUT2D eigenvalue weighted by molar-refractivity contribution is 7.99. The molecule has 0 aliphatic rings. The maximum absolute atomic E-state index is 10.8. The maximum atomic E-state index is 10.8. The van der Waals surface area contributed by atoms with E-state index in [-0.39, 0.29) is 18.2 Å². The topological polar surface area (TPSA) is 72.6 Å². The van der Waals surface area contributed by atoms with Gasteiger partial charge in [-0.3, -0.25) is 10.1 Å². The number of thioether (sulfide) groups is 1. The van der Waals surface area contributed by atoms with Crippen LogP contribution in [0.15, 0.2) is 23.1 Å². The molecule has 0 spiro atoms. The smallest absolute Gasteiger partial charge is 0.310 e. The van der Waals surface area contributed by atoms with Gasteiger partial charge in [-0.05, 0) is 18.9 Å². The van der Waals surface area contributed by atoms with Crippen LogP contribution in [0.3, 0.4) is 0 Å². The Morgan fingerprint density at radius 2 is 2.28 bits per heavy atom. The van der Waals surface area contributed by atoms with E-state index in [4.69, 9.17) is 9.84 Å². The quantitative estimate of drug-likeness (QED) is 0.469. The van der Waals surface area contributed by atoms with E-state index < -0.39 is 4.92 Å². The molecule has 1 N–H and O–H groups in total. The Morgan fingerprint density at radius 1 is 1.56 bits per heavy atom. The summed E-state index contributed by atoms with van der Waals surface area (Å²) in [6.07, 6.45) is 0. The Morgan fingerprint density at radius 3 is 2.83 bits per heavy atom. The van der Waals surface area contributed by atoms with Crippen LogP contribution >= 0.6 is 11.8 Å². The molecule has 1 atom stereocenters. The molecule has 5 nitrogen and oxygen atoms in total. The van der Waals surface area contributed by atoms with Crippen LogP contribution in [0, 0.1) is 16.0 Å². The highest BCUT2D eigenvalue weighted by Crippen LogP contribution is 2.32. The van der Waals surface area contributed by atoms with Crippen LogP contribution in [-0.4, -0.2) is 29.0 Å². The average Bonchev–Trinajstić information content (AvgIpc) is 2.36. The normalized spacial score (nSPS) is 12.2. The summed E-state index contributed by atoms with van der Waals surface area (Å²) >= 11 is 1.55. The molecule has 18 heavy (non-hydrogen) atoms. The number of nitrogens with zero attached hydrogens (tertiary/aromatic N) is 1. The summed E-state index contributed by atoms with van der Waals surface area (Å²) in [6.45, 7) is 4.26. The van der Waals surface area contributed by atoms with Gasteiger partial charge in [0.1, 0.15) is 0 Å². The lowest BCUT2D eigenvalue weighted by Crippen LogP contribution is -2.03. The number of nitro groups is 1. The first kappa shape index (κ1) is 14.8. The van der Waals surface area contributed by atoms with Gasteiger partial charge in [0.15, 0.2) is 5.75 Å². The fraction of sp³-hybridized carbons (Fsp3) is 0.500. The van der Waals surface area contributed by atoms with Gasteiger partial charge < -0.3 is 9.84 Å². The molecule has 1 aromatic rings. The third kappa shape index (κ3) is 4.19. The fourth-order valence-corrected chi connectivity index (χ4v) is 2.23. The molecule has 0 heterocycles. The first-order valence-electron chi connectivity index (χ1n) is 5.73. The third-order valence-electron chi connectivity index (χ3n) is 2.27. The molecule has 0 saturated carbocycles. The minimum atomic E-state index is -0.449. The van der Waals surface area contributed by atoms with Gasteiger partial charge in [-0.2, -0.15) is 0 Å². The number of hydrogen-bond donors (Lipinski definition) is 1. The standard InChI is InChI=1S/C12H17NO4S/c1-3-17-12-6-10(18-8-9(2)7-14)4-5-11(12)13(15)16/h4-6,9,14H,3,7-8H2,1-2H3. The summed E-state index contributed by atoms with van der Waals surface area (Å²) in [5.41, 5.74) is -0.0172. The van der Waals surface area contributed by atoms with E-state index >= 15 is 0 Å². The first-order valence-corrected chi connectivity index (χ1v) is 6.72. The molecule has 100 valence electrons. The van der Waals surface area contributed by atoms with Gasteiger partial charge in [0.25, 0.3) is 0 Å². The second-order valence-corrected chi connectivity index (χ2v) is 5.01. The maximum Gasteiger partial charge on any atom is 0.310 e. The summed E-state index contributed by atoms with van der Waals surface area (Å²) in [7, 11) is 0. The Hall–Kier alpha value is -1.27. The Balaban J connectivity index is 2.82. The van der Waals surface area contributed by atoms with Crippen molar-refractivity contribution in [2.45, 2.75) is 18.7 Å². The Kier molecular flexibility index (Phi) is 5.94. The number of nitro benzene ring substituents is 1. The molecule has 0 bridgehead atoms. The zero-order valence-corrected chi connectivity index (χ0v) is 11.3. The van der Waals surface area contributed by atoms with Crippen molar-refractivity contribution in [1.82, 2.24) is 0 Å². The van der Waals surface area contributed by atoms with Gasteiger partial charge >= 0.3 is 5.69 Å². The zero-order chi connectivity index (χ0) is 13.5. The van der Waals surface area contributed by atoms with E-state index in [0.717, 1.165) is 10.6 Å². The number of hydrogen-bond acceptors (Lipinski definition) is 5. The van der Waals surface area contributed by atoms with Crippen molar-refractivity contribution in [1.29, 1.82) is 0 Å². The van der Waals surface area contributed by atoms with Crippen molar-refractivity contribution >= 4 is 17.4 Å². The number of ether oxygens (including phenoxy) is 1. The summed E-state index contributed by atoms with van der Waals surface area (Å²) < 4.78 is 5.27. The Labute approximate surface area is 110 Å². The van der Waals surface area contributed by atoms with E-state index in [0.29, 0.717) is 12.4 Å². The molecule has 0 aliphatic carbocycles. The van der Waals surface area contributed by atoms with E-state index in [1.54, 1.807) is 30.8 Å². The predicted octanol–water partition coefficient (Wildman–Crippen LogP) is 2.71. The lowest BCUT2D eigenvalue weighted by Gasteiger charge is -2.09. The second-order valence-electron chi connectivity index (χ2n) is 3.92. The van der Waals surface area contributed by atoms with E-state index in [1.165, 1.54) is 6.07 Å². The summed E-state index contributed by atoms with van der Waals surface area (Å²) in [4.78, 5) is 11.3. The van der Waals surface area contributed by atoms with Crippen LogP contribution in [0.1, 0.15) is 13.8 Å². The molecule has 0 amide bonds. The van der Waals surface area contributed by atoms with E-state index in [9.17, 15) is 10.1 Å². The number of rotatable bonds is 7. The SMILES string of the molecule is CCOc1cc(SCC(C)CO)ccc1[N+](=O)[O-]. The molecule has 1 rings (SSSR count). The summed E-state index contributed by atoms with van der Waals surface area (Å²) in [5.74, 6) is 1.25. The van der Waals surface area contributed by atoms with Crippen molar-refractivity contribution in [3.05, 3.63) is 28.3 Å². The minimum Gasteiger partial charge on any atom is -0.487 e. The lowest BCUT2D eigenvalue weighted by atomic mass is 10.2. The fourth-order valence-electron chi connectivity index (χ4n) is 1.30. The molecule has 1 aromatic carbocycles. The summed E-state index contributed by atoms with van der Waals surface area (Å²) in [5, 5.41) is 19.7. The molecule has 0 aromatic heterocycles. The molecule has 0 fully saturated rings. The minimum absolute atomic E-state index is 0.0172. The van der Waals surface area contributed by atoms with E-state index in [2.05, 4.69) is 0 Å². The average molecular weight is 271 g/mol. The Bertz CT molecular complexity index is 411. The van der Waals surface area contributed by atoms with Crippen molar-refractivity contribution in [2.24, 2.45) is 5.92 Å². The molecule has 6 heteroatoms. The van der Waals surface area contributed by atoms with Crippen molar-refractivity contribution < 1.29 is 14.8 Å².